The number of carbonyl (C=O) groups excluding carboxylic acids is 1. The standard InChI is InChI=1S/C28H22ClN3O3/c29-25-11-5-3-9-23(25)28-22-8-2-1-7-19(22)18-31(26-12-6-4-10-24(26)28)27(33)17-30-20-13-15-21(16-14-20)32(34)35/h1-16,28,30H,17-18H2. The SMILES string of the molecule is O=C(CNc1ccc([N+](=O)[O-])cc1)N1Cc2ccccc2C(c2ccccc2Cl)c2ccccc21. The van der Waals surface area contributed by atoms with Gasteiger partial charge < -0.3 is 10.2 Å². The third-order valence-corrected chi connectivity index (χ3v) is 6.62. The van der Waals surface area contributed by atoms with Crippen LogP contribution in [-0.2, 0) is 11.3 Å². The molecule has 1 amide bonds. The van der Waals surface area contributed by atoms with Gasteiger partial charge in [-0.05, 0) is 46.5 Å². The molecule has 1 aliphatic heterocycles. The molecule has 1 N–H and O–H groups in total. The van der Waals surface area contributed by atoms with Crippen LogP contribution in [0.25, 0.3) is 0 Å². The molecule has 0 saturated carbocycles. The van der Waals surface area contributed by atoms with Gasteiger partial charge >= 0.3 is 0 Å². The van der Waals surface area contributed by atoms with Crippen LogP contribution in [0.3, 0.4) is 0 Å². The number of amides is 1. The number of fused-ring (bicyclic) bond motifs is 2. The second-order valence-corrected chi connectivity index (χ2v) is 8.76. The minimum atomic E-state index is -0.448. The van der Waals surface area contributed by atoms with E-state index in [0.29, 0.717) is 17.3 Å². The summed E-state index contributed by atoms with van der Waals surface area (Å²) in [5.41, 5.74) is 5.65. The van der Waals surface area contributed by atoms with Crippen molar-refractivity contribution in [1.82, 2.24) is 0 Å². The molecule has 0 saturated heterocycles. The topological polar surface area (TPSA) is 75.5 Å². The summed E-state index contributed by atoms with van der Waals surface area (Å²) >= 11 is 6.66. The molecule has 0 fully saturated rings. The lowest BCUT2D eigenvalue weighted by atomic mass is 9.83. The van der Waals surface area contributed by atoms with Crippen molar-refractivity contribution in [1.29, 1.82) is 0 Å². The first-order chi connectivity index (χ1) is 17.0. The van der Waals surface area contributed by atoms with E-state index in [1.54, 1.807) is 17.0 Å². The lowest BCUT2D eigenvalue weighted by molar-refractivity contribution is -0.384. The van der Waals surface area contributed by atoms with E-state index in [1.807, 2.05) is 54.6 Å². The number of halogens is 1. The lowest BCUT2D eigenvalue weighted by Gasteiger charge is -2.25. The molecule has 0 aliphatic carbocycles. The van der Waals surface area contributed by atoms with Gasteiger partial charge in [-0.3, -0.25) is 14.9 Å². The highest BCUT2D eigenvalue weighted by Gasteiger charge is 2.31. The van der Waals surface area contributed by atoms with Gasteiger partial charge in [-0.2, -0.15) is 0 Å². The Hall–Kier alpha value is -4.16. The molecular weight excluding hydrogens is 462 g/mol. The van der Waals surface area contributed by atoms with Crippen LogP contribution < -0.4 is 10.2 Å². The summed E-state index contributed by atoms with van der Waals surface area (Å²) < 4.78 is 0. The van der Waals surface area contributed by atoms with E-state index in [-0.39, 0.29) is 24.1 Å². The van der Waals surface area contributed by atoms with E-state index < -0.39 is 4.92 Å². The fourth-order valence-corrected chi connectivity index (χ4v) is 4.85. The zero-order chi connectivity index (χ0) is 24.4. The summed E-state index contributed by atoms with van der Waals surface area (Å²) in [5, 5.41) is 14.7. The molecule has 6 nitrogen and oxygen atoms in total. The van der Waals surface area contributed by atoms with Crippen LogP contribution in [-0.4, -0.2) is 17.4 Å². The minimum Gasteiger partial charge on any atom is -0.376 e. The van der Waals surface area contributed by atoms with Crippen molar-refractivity contribution in [2.75, 3.05) is 16.8 Å². The van der Waals surface area contributed by atoms with Gasteiger partial charge in [0.25, 0.3) is 5.69 Å². The van der Waals surface area contributed by atoms with Crippen LogP contribution in [0.1, 0.15) is 28.2 Å². The summed E-state index contributed by atoms with van der Waals surface area (Å²) in [6.45, 7) is 0.472. The molecule has 35 heavy (non-hydrogen) atoms. The lowest BCUT2D eigenvalue weighted by Crippen LogP contribution is -2.35. The Balaban J connectivity index is 1.51. The zero-order valence-electron chi connectivity index (χ0n) is 18.7. The maximum Gasteiger partial charge on any atom is 0.269 e. The Morgan fingerprint density at radius 2 is 1.51 bits per heavy atom. The maximum atomic E-state index is 13.5. The van der Waals surface area contributed by atoms with Gasteiger partial charge in [0.2, 0.25) is 5.91 Å². The van der Waals surface area contributed by atoms with Gasteiger partial charge in [0.05, 0.1) is 18.0 Å². The van der Waals surface area contributed by atoms with Gasteiger partial charge in [0.15, 0.2) is 0 Å². The third-order valence-electron chi connectivity index (χ3n) is 6.27. The van der Waals surface area contributed by atoms with Gasteiger partial charge in [-0.1, -0.05) is 72.3 Å². The Bertz CT molecular complexity index is 1400. The number of hydrogen-bond acceptors (Lipinski definition) is 4. The molecule has 0 bridgehead atoms. The highest BCUT2D eigenvalue weighted by molar-refractivity contribution is 6.31. The van der Waals surface area contributed by atoms with Crippen LogP contribution in [0.4, 0.5) is 17.1 Å². The van der Waals surface area contributed by atoms with Crippen molar-refractivity contribution in [2.45, 2.75) is 12.5 Å². The Labute approximate surface area is 207 Å². The van der Waals surface area contributed by atoms with Crippen molar-refractivity contribution in [3.05, 3.63) is 134 Å². The monoisotopic (exact) mass is 483 g/mol. The molecule has 1 unspecified atom stereocenters. The summed E-state index contributed by atoms with van der Waals surface area (Å²) in [4.78, 5) is 25.8. The van der Waals surface area contributed by atoms with Crippen molar-refractivity contribution in [3.8, 4) is 0 Å². The van der Waals surface area contributed by atoms with Crippen LogP contribution in [0, 0.1) is 10.1 Å². The number of nitro benzene ring substituents is 1. The quantitative estimate of drug-likeness (QED) is 0.264. The maximum absolute atomic E-state index is 13.5. The molecule has 174 valence electrons. The van der Waals surface area contributed by atoms with Crippen LogP contribution >= 0.6 is 11.6 Å². The predicted octanol–water partition coefficient (Wildman–Crippen LogP) is 6.39. The summed E-state index contributed by atoms with van der Waals surface area (Å²) in [5.74, 6) is -0.220. The average molecular weight is 484 g/mol. The van der Waals surface area contributed by atoms with E-state index in [9.17, 15) is 14.9 Å². The van der Waals surface area contributed by atoms with Crippen molar-refractivity contribution in [3.63, 3.8) is 0 Å². The Morgan fingerprint density at radius 3 is 2.23 bits per heavy atom. The summed E-state index contributed by atoms with van der Waals surface area (Å²) in [7, 11) is 0. The largest absolute Gasteiger partial charge is 0.376 e. The summed E-state index contributed by atoms with van der Waals surface area (Å²) in [6, 6.07) is 29.9. The van der Waals surface area contributed by atoms with Crippen molar-refractivity contribution >= 4 is 34.6 Å². The first-order valence-electron chi connectivity index (χ1n) is 11.2. The number of nitrogens with zero attached hydrogens (tertiary/aromatic N) is 2. The van der Waals surface area contributed by atoms with E-state index in [4.69, 9.17) is 11.6 Å². The number of rotatable bonds is 5. The van der Waals surface area contributed by atoms with Crippen molar-refractivity contribution in [2.24, 2.45) is 0 Å². The molecule has 1 aliphatic rings. The minimum absolute atomic E-state index is 0.00513. The molecule has 4 aromatic rings. The molecule has 1 heterocycles. The molecule has 0 spiro atoms. The van der Waals surface area contributed by atoms with Crippen LogP contribution in [0.15, 0.2) is 97.1 Å². The smallest absolute Gasteiger partial charge is 0.269 e. The first kappa shape index (κ1) is 22.6. The van der Waals surface area contributed by atoms with Gasteiger partial charge in [-0.15, -0.1) is 0 Å². The Kier molecular flexibility index (Phi) is 6.21. The number of carbonyl (C=O) groups is 1. The predicted molar refractivity (Wildman–Crippen MR) is 138 cm³/mol. The highest BCUT2D eigenvalue weighted by Crippen LogP contribution is 2.44. The van der Waals surface area contributed by atoms with Gasteiger partial charge in [0.1, 0.15) is 0 Å². The molecule has 7 heteroatoms. The number of nitrogens with one attached hydrogen (secondary N) is 1. The molecule has 0 radical (unpaired) electrons. The van der Waals surface area contributed by atoms with Crippen LogP contribution in [0.5, 0.6) is 0 Å². The molecule has 4 aromatic carbocycles. The third kappa shape index (κ3) is 4.48. The van der Waals surface area contributed by atoms with E-state index in [1.165, 1.54) is 12.1 Å². The number of non-ortho nitro benzene ring substituents is 1. The number of benzene rings is 4. The molecule has 1 atom stereocenters. The van der Waals surface area contributed by atoms with Crippen molar-refractivity contribution < 1.29 is 9.72 Å². The van der Waals surface area contributed by atoms with E-state index in [2.05, 4.69) is 23.5 Å². The van der Waals surface area contributed by atoms with Gasteiger partial charge in [0, 0.05) is 34.4 Å². The fraction of sp³-hybridized carbons (Fsp3) is 0.107. The average Bonchev–Trinajstić information content (AvgIpc) is 3.03. The van der Waals surface area contributed by atoms with E-state index >= 15 is 0 Å². The number of nitro groups is 1. The Morgan fingerprint density at radius 1 is 0.886 bits per heavy atom. The molecule has 5 rings (SSSR count). The number of hydrogen-bond donors (Lipinski definition) is 1. The van der Waals surface area contributed by atoms with Crippen LogP contribution in [0.2, 0.25) is 5.02 Å². The number of anilines is 2. The fourth-order valence-electron chi connectivity index (χ4n) is 4.60. The molecular formula is C28H22ClN3O3. The number of para-hydroxylation sites is 1. The zero-order valence-corrected chi connectivity index (χ0v) is 19.5. The highest BCUT2D eigenvalue weighted by atomic mass is 35.5. The second-order valence-electron chi connectivity index (χ2n) is 8.35. The first-order valence-corrected chi connectivity index (χ1v) is 11.6. The molecule has 0 aromatic heterocycles. The second kappa shape index (κ2) is 9.60. The summed E-state index contributed by atoms with van der Waals surface area (Å²) in [6.07, 6.45) is 0. The van der Waals surface area contributed by atoms with E-state index in [0.717, 1.165) is 27.9 Å². The normalized spacial score (nSPS) is 14.4. The van der Waals surface area contributed by atoms with Gasteiger partial charge in [-0.25, -0.2) is 0 Å².